The Morgan fingerprint density at radius 2 is 2.00 bits per heavy atom. The van der Waals surface area contributed by atoms with Crippen LogP contribution in [0.4, 0.5) is 0 Å². The molecule has 4 nitrogen and oxygen atoms in total. The Morgan fingerprint density at radius 1 is 1.28 bits per heavy atom. The van der Waals surface area contributed by atoms with Crippen LogP contribution in [0.25, 0.3) is 0 Å². The predicted octanol–water partition coefficient (Wildman–Crippen LogP) is 1.47. The number of hydrogen-bond donors (Lipinski definition) is 1. The Bertz CT molecular complexity index is 308. The van der Waals surface area contributed by atoms with Gasteiger partial charge in [-0.15, -0.1) is 0 Å². The molecule has 0 saturated carbocycles. The molecule has 0 bridgehead atoms. The summed E-state index contributed by atoms with van der Waals surface area (Å²) in [6.45, 7) is 2.38. The van der Waals surface area contributed by atoms with Crippen molar-refractivity contribution < 1.29 is 9.53 Å². The highest BCUT2D eigenvalue weighted by Gasteiger charge is 2.26. The molecule has 2 fully saturated rings. The van der Waals surface area contributed by atoms with Gasteiger partial charge in [-0.1, -0.05) is 12.2 Å². The quantitative estimate of drug-likeness (QED) is 0.789. The monoisotopic (exact) mass is 270 g/mol. The molecule has 0 aromatic heterocycles. The Balaban J connectivity index is 1.75. The van der Waals surface area contributed by atoms with Gasteiger partial charge in [0.2, 0.25) is 5.91 Å². The first-order chi connectivity index (χ1) is 8.66. The van der Waals surface area contributed by atoms with Crippen molar-refractivity contribution in [1.82, 2.24) is 4.90 Å². The van der Waals surface area contributed by atoms with Gasteiger partial charge in [-0.3, -0.25) is 4.79 Å². The number of nitrogens with two attached hydrogens (primary N) is 1. The summed E-state index contributed by atoms with van der Waals surface area (Å²) in [5, 5.41) is 0. The summed E-state index contributed by atoms with van der Waals surface area (Å²) in [5.74, 6) is 0.540. The summed E-state index contributed by atoms with van der Waals surface area (Å²) in [5.41, 5.74) is 5.65. The molecule has 0 radical (unpaired) electrons. The summed E-state index contributed by atoms with van der Waals surface area (Å²) < 4.78 is 5.61. The molecule has 1 amide bonds. The maximum absolute atomic E-state index is 12.1. The van der Waals surface area contributed by atoms with E-state index >= 15 is 0 Å². The zero-order chi connectivity index (χ0) is 13.0. The second-order valence-corrected chi connectivity index (χ2v) is 5.72. The number of carbonyl (C=O) groups excluding carboxylic acids is 1. The van der Waals surface area contributed by atoms with Crippen molar-refractivity contribution in [2.24, 2.45) is 11.7 Å². The number of likely N-dealkylation sites (tertiary alicyclic amines) is 1. The minimum Gasteiger partial charge on any atom is -0.393 e. The number of rotatable bonds is 3. The largest absolute Gasteiger partial charge is 0.393 e. The van der Waals surface area contributed by atoms with E-state index < -0.39 is 0 Å². The van der Waals surface area contributed by atoms with Crippen LogP contribution in [0.5, 0.6) is 0 Å². The minimum atomic E-state index is 0.138. The average molecular weight is 270 g/mol. The van der Waals surface area contributed by atoms with Crippen LogP contribution in [0, 0.1) is 5.92 Å². The van der Waals surface area contributed by atoms with Crippen molar-refractivity contribution in [2.75, 3.05) is 19.7 Å². The molecule has 2 saturated heterocycles. The number of nitrogens with zero attached hydrogens (tertiary/aromatic N) is 1. The highest BCUT2D eigenvalue weighted by Crippen LogP contribution is 2.21. The van der Waals surface area contributed by atoms with E-state index in [0.29, 0.717) is 17.3 Å². The third-order valence-electron chi connectivity index (χ3n) is 3.93. The van der Waals surface area contributed by atoms with Crippen LogP contribution >= 0.6 is 12.2 Å². The van der Waals surface area contributed by atoms with Gasteiger partial charge in [0.15, 0.2) is 0 Å². The van der Waals surface area contributed by atoms with E-state index in [1.54, 1.807) is 0 Å². The molecule has 5 heteroatoms. The zero-order valence-corrected chi connectivity index (χ0v) is 11.6. The van der Waals surface area contributed by atoms with Gasteiger partial charge in [0, 0.05) is 25.6 Å². The smallest absolute Gasteiger partial charge is 0.225 e. The average Bonchev–Trinajstić information content (AvgIpc) is 2.40. The van der Waals surface area contributed by atoms with Gasteiger partial charge in [-0.05, 0) is 32.1 Å². The van der Waals surface area contributed by atoms with Crippen LogP contribution in [-0.4, -0.2) is 41.6 Å². The summed E-state index contributed by atoms with van der Waals surface area (Å²) in [4.78, 5) is 14.7. The first kappa shape index (κ1) is 13.7. The second-order valence-electron chi connectivity index (χ2n) is 5.25. The van der Waals surface area contributed by atoms with E-state index in [9.17, 15) is 4.79 Å². The lowest BCUT2D eigenvalue weighted by atomic mass is 9.96. The van der Waals surface area contributed by atoms with Crippen molar-refractivity contribution >= 4 is 23.1 Å². The fourth-order valence-electron chi connectivity index (χ4n) is 2.71. The highest BCUT2D eigenvalue weighted by atomic mass is 32.1. The number of amides is 1. The zero-order valence-electron chi connectivity index (χ0n) is 10.8. The van der Waals surface area contributed by atoms with E-state index in [2.05, 4.69) is 0 Å². The van der Waals surface area contributed by atoms with Gasteiger partial charge in [-0.2, -0.15) is 0 Å². The molecule has 18 heavy (non-hydrogen) atoms. The van der Waals surface area contributed by atoms with Crippen molar-refractivity contribution in [2.45, 2.75) is 44.6 Å². The fourth-order valence-corrected chi connectivity index (χ4v) is 2.94. The van der Waals surface area contributed by atoms with Crippen molar-refractivity contribution in [3.63, 3.8) is 0 Å². The van der Waals surface area contributed by atoms with Crippen LogP contribution in [0.2, 0.25) is 0 Å². The molecule has 0 aromatic rings. The Labute approximate surface area is 114 Å². The predicted molar refractivity (Wildman–Crippen MR) is 74.3 cm³/mol. The van der Waals surface area contributed by atoms with Crippen molar-refractivity contribution in [3.8, 4) is 0 Å². The first-order valence-electron chi connectivity index (χ1n) is 6.85. The molecular weight excluding hydrogens is 248 g/mol. The fraction of sp³-hybridized carbons (Fsp3) is 0.846. The van der Waals surface area contributed by atoms with Crippen molar-refractivity contribution in [3.05, 3.63) is 0 Å². The maximum atomic E-state index is 12.1. The molecule has 2 aliphatic rings. The van der Waals surface area contributed by atoms with Crippen molar-refractivity contribution in [1.29, 1.82) is 0 Å². The number of hydrogen-bond acceptors (Lipinski definition) is 3. The summed E-state index contributed by atoms with van der Waals surface area (Å²) in [6, 6.07) is 0. The summed E-state index contributed by atoms with van der Waals surface area (Å²) >= 11 is 5.00. The Kier molecular flexibility index (Phi) is 4.95. The first-order valence-corrected chi connectivity index (χ1v) is 7.26. The molecule has 2 heterocycles. The van der Waals surface area contributed by atoms with Crippen LogP contribution in [0.1, 0.15) is 38.5 Å². The van der Waals surface area contributed by atoms with Crippen LogP contribution in [-0.2, 0) is 9.53 Å². The SMILES string of the molecule is NC(=S)C1CCN(C(=O)CC2CCCCO2)CC1. The lowest BCUT2D eigenvalue weighted by Gasteiger charge is -2.33. The summed E-state index contributed by atoms with van der Waals surface area (Å²) in [7, 11) is 0. The van der Waals surface area contributed by atoms with Gasteiger partial charge in [0.25, 0.3) is 0 Å². The van der Waals surface area contributed by atoms with Gasteiger partial charge >= 0.3 is 0 Å². The standard InChI is InChI=1S/C13H22N2O2S/c14-13(18)10-4-6-15(7-5-10)12(16)9-11-3-1-2-8-17-11/h10-11H,1-9H2,(H2,14,18). The number of piperidine rings is 1. The van der Waals surface area contributed by atoms with Gasteiger partial charge in [-0.25, -0.2) is 0 Å². The summed E-state index contributed by atoms with van der Waals surface area (Å²) in [6.07, 6.45) is 5.83. The molecule has 2 rings (SSSR count). The molecule has 1 unspecified atom stereocenters. The molecule has 1 atom stereocenters. The van der Waals surface area contributed by atoms with Gasteiger partial charge < -0.3 is 15.4 Å². The molecule has 0 spiro atoms. The van der Waals surface area contributed by atoms with E-state index in [4.69, 9.17) is 22.7 Å². The van der Waals surface area contributed by atoms with Gasteiger partial charge in [0.1, 0.15) is 0 Å². The number of carbonyl (C=O) groups is 1. The van der Waals surface area contributed by atoms with Crippen LogP contribution < -0.4 is 5.73 Å². The molecule has 2 N–H and O–H groups in total. The third-order valence-corrected chi connectivity index (χ3v) is 4.26. The Hall–Kier alpha value is -0.680. The molecule has 0 aliphatic carbocycles. The molecule has 0 aromatic carbocycles. The third kappa shape index (κ3) is 3.65. The van der Waals surface area contributed by atoms with E-state index in [0.717, 1.165) is 45.4 Å². The lowest BCUT2D eigenvalue weighted by Crippen LogP contribution is -2.42. The van der Waals surface area contributed by atoms with Crippen LogP contribution in [0.3, 0.4) is 0 Å². The maximum Gasteiger partial charge on any atom is 0.225 e. The van der Waals surface area contributed by atoms with E-state index in [1.807, 2.05) is 4.90 Å². The second kappa shape index (κ2) is 6.48. The molecular formula is C13H22N2O2S. The Morgan fingerprint density at radius 3 is 2.56 bits per heavy atom. The van der Waals surface area contributed by atoms with E-state index in [1.165, 1.54) is 6.42 Å². The normalized spacial score (nSPS) is 26.0. The minimum absolute atomic E-state index is 0.138. The molecule has 2 aliphatic heterocycles. The van der Waals surface area contributed by atoms with E-state index in [-0.39, 0.29) is 12.0 Å². The lowest BCUT2D eigenvalue weighted by molar-refractivity contribution is -0.136. The van der Waals surface area contributed by atoms with Crippen LogP contribution in [0.15, 0.2) is 0 Å². The number of thiocarbonyl (C=S) groups is 1. The topological polar surface area (TPSA) is 55.6 Å². The number of ether oxygens (including phenoxy) is 1. The highest BCUT2D eigenvalue weighted by molar-refractivity contribution is 7.80. The molecule has 102 valence electrons. The van der Waals surface area contributed by atoms with Gasteiger partial charge in [0.05, 0.1) is 17.5 Å².